The summed E-state index contributed by atoms with van der Waals surface area (Å²) in [6.07, 6.45) is 9.25. The van der Waals surface area contributed by atoms with Gasteiger partial charge in [-0.25, -0.2) is 4.98 Å². The SMILES string of the molecule is NCC1CCC(C(=O)NC2C/C=C/CCC(=O)Nc3ccccc3-c3nc2[nH]c3Cl)CC1. The minimum atomic E-state index is -0.325. The van der Waals surface area contributed by atoms with Crippen LogP contribution in [0.4, 0.5) is 5.69 Å². The first-order chi connectivity index (χ1) is 15.5. The molecule has 2 aliphatic rings. The number of nitrogens with one attached hydrogen (secondary N) is 3. The molecule has 1 unspecified atom stereocenters. The number of hydrogen-bond acceptors (Lipinski definition) is 4. The molecule has 7 nitrogen and oxygen atoms in total. The number of amides is 2. The van der Waals surface area contributed by atoms with Gasteiger partial charge >= 0.3 is 0 Å². The van der Waals surface area contributed by atoms with Crippen molar-refractivity contribution in [2.75, 3.05) is 11.9 Å². The second-order valence-electron chi connectivity index (χ2n) is 8.64. The quantitative estimate of drug-likeness (QED) is 0.516. The Kier molecular flexibility index (Phi) is 7.27. The first-order valence-electron chi connectivity index (χ1n) is 11.3. The number of nitrogens with two attached hydrogens (primary N) is 1. The van der Waals surface area contributed by atoms with Crippen molar-refractivity contribution in [2.24, 2.45) is 17.6 Å². The molecule has 1 aliphatic carbocycles. The molecule has 4 rings (SSSR count). The van der Waals surface area contributed by atoms with Crippen molar-refractivity contribution < 1.29 is 9.59 Å². The van der Waals surface area contributed by atoms with Crippen molar-refractivity contribution in [3.63, 3.8) is 0 Å². The van der Waals surface area contributed by atoms with Crippen LogP contribution in [0.2, 0.25) is 5.15 Å². The van der Waals surface area contributed by atoms with Gasteiger partial charge in [-0.15, -0.1) is 0 Å². The van der Waals surface area contributed by atoms with Crippen LogP contribution in [-0.2, 0) is 9.59 Å². The summed E-state index contributed by atoms with van der Waals surface area (Å²) in [7, 11) is 0. The van der Waals surface area contributed by atoms with Crippen molar-refractivity contribution >= 4 is 29.1 Å². The van der Waals surface area contributed by atoms with Crippen molar-refractivity contribution in [1.82, 2.24) is 15.3 Å². The van der Waals surface area contributed by atoms with Crippen LogP contribution in [0.3, 0.4) is 0 Å². The van der Waals surface area contributed by atoms with Crippen LogP contribution in [0, 0.1) is 11.8 Å². The van der Waals surface area contributed by atoms with E-state index in [0.717, 1.165) is 31.2 Å². The van der Waals surface area contributed by atoms with Gasteiger partial charge in [-0.2, -0.15) is 0 Å². The second kappa shape index (κ2) is 10.3. The Bertz CT molecular complexity index is 994. The molecule has 2 bridgehead atoms. The molecular weight excluding hydrogens is 426 g/mol. The molecule has 0 spiro atoms. The van der Waals surface area contributed by atoms with Gasteiger partial charge in [-0.1, -0.05) is 42.0 Å². The summed E-state index contributed by atoms with van der Waals surface area (Å²) < 4.78 is 0. The Morgan fingerprint density at radius 1 is 1.19 bits per heavy atom. The van der Waals surface area contributed by atoms with E-state index in [1.165, 1.54) is 0 Å². The normalized spacial score (nSPS) is 24.8. The molecule has 1 saturated carbocycles. The Labute approximate surface area is 193 Å². The number of H-pyrrole nitrogens is 1. The van der Waals surface area contributed by atoms with Crippen LogP contribution in [0.15, 0.2) is 36.4 Å². The third-order valence-corrected chi connectivity index (χ3v) is 6.68. The monoisotopic (exact) mass is 455 g/mol. The number of allylic oxidation sites excluding steroid dienone is 1. The molecule has 32 heavy (non-hydrogen) atoms. The molecule has 1 aromatic carbocycles. The van der Waals surface area contributed by atoms with E-state index in [-0.39, 0.29) is 23.8 Å². The highest BCUT2D eigenvalue weighted by Gasteiger charge is 2.28. The lowest BCUT2D eigenvalue weighted by atomic mass is 9.81. The van der Waals surface area contributed by atoms with Gasteiger partial charge in [-0.3, -0.25) is 9.59 Å². The van der Waals surface area contributed by atoms with Crippen LogP contribution in [0.25, 0.3) is 11.3 Å². The van der Waals surface area contributed by atoms with Crippen molar-refractivity contribution in [2.45, 2.75) is 51.0 Å². The summed E-state index contributed by atoms with van der Waals surface area (Å²) in [6, 6.07) is 7.13. The van der Waals surface area contributed by atoms with E-state index in [0.29, 0.717) is 54.1 Å². The van der Waals surface area contributed by atoms with Crippen molar-refractivity contribution in [3.05, 3.63) is 47.4 Å². The van der Waals surface area contributed by atoms with E-state index in [4.69, 9.17) is 22.3 Å². The van der Waals surface area contributed by atoms with Gasteiger partial charge in [0, 0.05) is 17.9 Å². The molecule has 170 valence electrons. The number of fused-ring (bicyclic) bond motifs is 4. The first kappa shape index (κ1) is 22.6. The Balaban J connectivity index is 1.60. The predicted octanol–water partition coefficient (Wildman–Crippen LogP) is 4.33. The summed E-state index contributed by atoms with van der Waals surface area (Å²) >= 11 is 6.52. The highest BCUT2D eigenvalue weighted by Crippen LogP contribution is 2.34. The molecule has 8 heteroatoms. The first-order valence-corrected chi connectivity index (χ1v) is 11.7. The van der Waals surface area contributed by atoms with E-state index in [1.54, 1.807) is 0 Å². The summed E-state index contributed by atoms with van der Waals surface area (Å²) in [6.45, 7) is 0.689. The fraction of sp³-hybridized carbons (Fsp3) is 0.458. The number of benzene rings is 1. The smallest absolute Gasteiger partial charge is 0.224 e. The number of aromatic nitrogens is 2. The highest BCUT2D eigenvalue weighted by molar-refractivity contribution is 6.32. The minimum Gasteiger partial charge on any atom is -0.346 e. The number of nitrogens with zero attached hydrogens (tertiary/aromatic N) is 1. The van der Waals surface area contributed by atoms with Gasteiger partial charge in [0.2, 0.25) is 11.8 Å². The lowest BCUT2D eigenvalue weighted by Crippen LogP contribution is -2.36. The minimum absolute atomic E-state index is 0.00110. The number of aromatic amines is 1. The van der Waals surface area contributed by atoms with Gasteiger partial charge in [-0.05, 0) is 57.1 Å². The fourth-order valence-electron chi connectivity index (χ4n) is 4.48. The van der Waals surface area contributed by atoms with E-state index >= 15 is 0 Å². The fourth-order valence-corrected chi connectivity index (χ4v) is 4.72. The van der Waals surface area contributed by atoms with Gasteiger partial charge in [0.1, 0.15) is 16.7 Å². The molecule has 5 N–H and O–H groups in total. The molecule has 1 atom stereocenters. The van der Waals surface area contributed by atoms with Crippen LogP contribution in [0.1, 0.15) is 56.8 Å². The number of rotatable bonds is 3. The zero-order chi connectivity index (χ0) is 22.5. The maximum atomic E-state index is 13.0. The van der Waals surface area contributed by atoms with Crippen LogP contribution in [-0.4, -0.2) is 28.3 Å². The summed E-state index contributed by atoms with van der Waals surface area (Å²) in [5.74, 6) is 1.12. The van der Waals surface area contributed by atoms with E-state index in [9.17, 15) is 9.59 Å². The molecule has 0 radical (unpaired) electrons. The molecule has 1 aliphatic heterocycles. The molecular formula is C24H30ClN5O2. The van der Waals surface area contributed by atoms with Crippen LogP contribution in [0.5, 0.6) is 0 Å². The second-order valence-corrected chi connectivity index (χ2v) is 9.02. The third kappa shape index (κ3) is 5.22. The van der Waals surface area contributed by atoms with Gasteiger partial charge in [0.05, 0.1) is 11.7 Å². The number of anilines is 1. The number of halogens is 1. The molecule has 2 heterocycles. The number of carbonyl (C=O) groups excluding carboxylic acids is 2. The maximum absolute atomic E-state index is 13.0. The largest absolute Gasteiger partial charge is 0.346 e. The highest BCUT2D eigenvalue weighted by atomic mass is 35.5. The van der Waals surface area contributed by atoms with Crippen LogP contribution >= 0.6 is 11.6 Å². The summed E-state index contributed by atoms with van der Waals surface area (Å²) in [5.41, 5.74) is 7.76. The molecule has 0 saturated heterocycles. The van der Waals surface area contributed by atoms with Crippen LogP contribution < -0.4 is 16.4 Å². The van der Waals surface area contributed by atoms with Crippen molar-refractivity contribution in [1.29, 1.82) is 0 Å². The maximum Gasteiger partial charge on any atom is 0.224 e. The zero-order valence-electron chi connectivity index (χ0n) is 18.1. The molecule has 1 fully saturated rings. The molecule has 2 aromatic rings. The van der Waals surface area contributed by atoms with Crippen molar-refractivity contribution in [3.8, 4) is 11.3 Å². The lowest BCUT2D eigenvalue weighted by molar-refractivity contribution is -0.127. The summed E-state index contributed by atoms with van der Waals surface area (Å²) in [4.78, 5) is 33.3. The third-order valence-electron chi connectivity index (χ3n) is 6.41. The van der Waals surface area contributed by atoms with E-state index < -0.39 is 0 Å². The van der Waals surface area contributed by atoms with Gasteiger partial charge in [0.25, 0.3) is 0 Å². The topological polar surface area (TPSA) is 113 Å². The number of carbonyl (C=O) groups is 2. The van der Waals surface area contributed by atoms with E-state index in [2.05, 4.69) is 15.6 Å². The average molecular weight is 456 g/mol. The Morgan fingerprint density at radius 3 is 2.75 bits per heavy atom. The zero-order valence-corrected chi connectivity index (χ0v) is 18.8. The Hall–Kier alpha value is -2.64. The average Bonchev–Trinajstić information content (AvgIpc) is 3.19. The summed E-state index contributed by atoms with van der Waals surface area (Å²) in [5, 5.41) is 6.52. The van der Waals surface area contributed by atoms with E-state index in [1.807, 2.05) is 36.4 Å². The number of imidazole rings is 1. The number of para-hydroxylation sites is 1. The Morgan fingerprint density at radius 2 is 1.97 bits per heavy atom. The lowest BCUT2D eigenvalue weighted by Gasteiger charge is -2.28. The standard InChI is InChI=1S/C24H30ClN5O2/c25-22-21-17-6-4-5-7-18(17)27-20(31)9-3-1-2-8-19(23(29-21)30-22)28-24(32)16-12-10-15(14-26)11-13-16/h1-2,4-7,15-16,19H,3,8-14,26H2,(H,27,31)(H,28,32)(H,29,30)/b2-1+. The van der Waals surface area contributed by atoms with Gasteiger partial charge in [0.15, 0.2) is 0 Å². The van der Waals surface area contributed by atoms with Gasteiger partial charge < -0.3 is 21.4 Å². The molecule has 2 amide bonds. The number of hydrogen-bond donors (Lipinski definition) is 4. The predicted molar refractivity (Wildman–Crippen MR) is 126 cm³/mol. The molecule has 1 aromatic heterocycles.